The van der Waals surface area contributed by atoms with E-state index in [9.17, 15) is 5.21 Å². The molecule has 0 saturated carbocycles. The first kappa shape index (κ1) is 6.03. The van der Waals surface area contributed by atoms with Crippen molar-refractivity contribution in [2.45, 2.75) is 0 Å². The quantitative estimate of drug-likeness (QED) is 0.397. The van der Waals surface area contributed by atoms with Gasteiger partial charge in [0.25, 0.3) is 6.33 Å². The SMILES string of the molecule is [O-][n+]1cncc2ncccc21. The molecule has 0 aliphatic heterocycles. The average Bonchev–Trinajstić information content (AvgIpc) is 2.06. The molecule has 0 bridgehead atoms. The van der Waals surface area contributed by atoms with E-state index in [4.69, 9.17) is 0 Å². The predicted octanol–water partition coefficient (Wildman–Crippen LogP) is 0.263. The maximum Gasteiger partial charge on any atom is 0.289 e. The van der Waals surface area contributed by atoms with Crippen LogP contribution in [0.15, 0.2) is 30.9 Å². The minimum Gasteiger partial charge on any atom is -0.710 e. The minimum atomic E-state index is 0.544. The Hall–Kier alpha value is -1.71. The van der Waals surface area contributed by atoms with Crippen molar-refractivity contribution >= 4 is 11.0 Å². The highest BCUT2D eigenvalue weighted by atomic mass is 16.5. The van der Waals surface area contributed by atoms with Gasteiger partial charge in [-0.25, -0.2) is 9.71 Å². The standard InChI is InChI=1S/C7H5N3O/c11-10-5-8-4-6-7(10)2-1-3-9-6/h1-5H. The van der Waals surface area contributed by atoms with Gasteiger partial charge in [-0.2, -0.15) is 0 Å². The van der Waals surface area contributed by atoms with Crippen molar-refractivity contribution in [1.82, 2.24) is 9.97 Å². The third kappa shape index (κ3) is 0.881. The lowest BCUT2D eigenvalue weighted by molar-refractivity contribution is -0.580. The van der Waals surface area contributed by atoms with E-state index in [1.54, 1.807) is 24.5 Å². The van der Waals surface area contributed by atoms with Gasteiger partial charge in [-0.05, 0) is 12.1 Å². The number of pyridine rings is 1. The summed E-state index contributed by atoms with van der Waals surface area (Å²) >= 11 is 0. The van der Waals surface area contributed by atoms with Gasteiger partial charge in [0.05, 0.1) is 0 Å². The Morgan fingerprint density at radius 2 is 2.36 bits per heavy atom. The number of rotatable bonds is 0. The van der Waals surface area contributed by atoms with Crippen LogP contribution < -0.4 is 4.73 Å². The van der Waals surface area contributed by atoms with Crippen molar-refractivity contribution < 1.29 is 4.73 Å². The highest BCUT2D eigenvalue weighted by Gasteiger charge is 1.98. The highest BCUT2D eigenvalue weighted by molar-refractivity contribution is 5.68. The summed E-state index contributed by atoms with van der Waals surface area (Å²) in [4.78, 5) is 7.66. The van der Waals surface area contributed by atoms with E-state index in [-0.39, 0.29) is 0 Å². The normalized spacial score (nSPS) is 10.2. The zero-order valence-corrected chi connectivity index (χ0v) is 5.64. The molecule has 0 aromatic carbocycles. The molecule has 4 heteroatoms. The smallest absolute Gasteiger partial charge is 0.289 e. The summed E-state index contributed by atoms with van der Waals surface area (Å²) in [7, 11) is 0. The average molecular weight is 147 g/mol. The molecule has 2 aromatic heterocycles. The Kier molecular flexibility index (Phi) is 1.18. The third-order valence-electron chi connectivity index (χ3n) is 1.42. The van der Waals surface area contributed by atoms with E-state index in [0.29, 0.717) is 15.8 Å². The molecule has 11 heavy (non-hydrogen) atoms. The van der Waals surface area contributed by atoms with Crippen LogP contribution in [-0.4, -0.2) is 9.97 Å². The van der Waals surface area contributed by atoms with Gasteiger partial charge in [0.1, 0.15) is 0 Å². The molecule has 0 fully saturated rings. The molecule has 0 N–H and O–H groups in total. The molecular formula is C7H5N3O. The van der Waals surface area contributed by atoms with Gasteiger partial charge in [0, 0.05) is 6.20 Å². The van der Waals surface area contributed by atoms with Gasteiger partial charge < -0.3 is 5.21 Å². The van der Waals surface area contributed by atoms with Crippen molar-refractivity contribution in [3.63, 3.8) is 0 Å². The van der Waals surface area contributed by atoms with Crippen molar-refractivity contribution in [2.24, 2.45) is 0 Å². The molecule has 54 valence electrons. The lowest BCUT2D eigenvalue weighted by Gasteiger charge is -2.00. The molecule has 0 atom stereocenters. The number of nitrogens with zero attached hydrogens (tertiary/aromatic N) is 3. The molecular weight excluding hydrogens is 142 g/mol. The molecule has 2 rings (SSSR count). The lowest BCUT2D eigenvalue weighted by atomic mass is 10.4. The van der Waals surface area contributed by atoms with Gasteiger partial charge in [-0.3, -0.25) is 0 Å². The molecule has 0 aliphatic carbocycles. The van der Waals surface area contributed by atoms with Crippen LogP contribution >= 0.6 is 0 Å². The fraction of sp³-hybridized carbons (Fsp3) is 0. The summed E-state index contributed by atoms with van der Waals surface area (Å²) in [6, 6.07) is 3.42. The van der Waals surface area contributed by atoms with Crippen LogP contribution in [0, 0.1) is 5.21 Å². The first-order valence-electron chi connectivity index (χ1n) is 3.16. The number of aromatic nitrogens is 3. The van der Waals surface area contributed by atoms with Gasteiger partial charge in [-0.15, -0.1) is 0 Å². The van der Waals surface area contributed by atoms with Crippen LogP contribution in [0.1, 0.15) is 0 Å². The summed E-state index contributed by atoms with van der Waals surface area (Å²) in [5, 5.41) is 11.0. The summed E-state index contributed by atoms with van der Waals surface area (Å²) in [5.41, 5.74) is 1.16. The minimum absolute atomic E-state index is 0.544. The van der Waals surface area contributed by atoms with Crippen molar-refractivity contribution in [1.29, 1.82) is 0 Å². The number of hydrogen-bond donors (Lipinski definition) is 0. The Bertz CT molecular complexity index is 383. The molecule has 0 saturated heterocycles. The van der Waals surface area contributed by atoms with Gasteiger partial charge >= 0.3 is 0 Å². The molecule has 4 nitrogen and oxygen atoms in total. The summed E-state index contributed by atoms with van der Waals surface area (Å²) in [5.74, 6) is 0. The number of fused-ring (bicyclic) bond motifs is 1. The summed E-state index contributed by atoms with van der Waals surface area (Å²) < 4.78 is 0.697. The maximum absolute atomic E-state index is 11.0. The van der Waals surface area contributed by atoms with Crippen LogP contribution in [0.5, 0.6) is 0 Å². The van der Waals surface area contributed by atoms with Crippen molar-refractivity contribution in [2.75, 3.05) is 0 Å². The van der Waals surface area contributed by atoms with E-state index in [2.05, 4.69) is 9.97 Å². The van der Waals surface area contributed by atoms with Crippen LogP contribution in [0.2, 0.25) is 0 Å². The molecule has 0 aliphatic rings. The maximum atomic E-state index is 11.0. The Morgan fingerprint density at radius 3 is 3.18 bits per heavy atom. The molecule has 2 heterocycles. The van der Waals surface area contributed by atoms with E-state index < -0.39 is 0 Å². The zero-order valence-electron chi connectivity index (χ0n) is 5.64. The largest absolute Gasteiger partial charge is 0.710 e. The first-order chi connectivity index (χ1) is 5.38. The Balaban J connectivity index is 2.91. The summed E-state index contributed by atoms with van der Waals surface area (Å²) in [6.07, 6.45) is 4.40. The predicted molar refractivity (Wildman–Crippen MR) is 38.5 cm³/mol. The third-order valence-corrected chi connectivity index (χ3v) is 1.42. The van der Waals surface area contributed by atoms with Crippen LogP contribution in [0.3, 0.4) is 0 Å². The van der Waals surface area contributed by atoms with Crippen LogP contribution in [0.4, 0.5) is 0 Å². The second-order valence-corrected chi connectivity index (χ2v) is 2.13. The van der Waals surface area contributed by atoms with Crippen LogP contribution in [0.25, 0.3) is 11.0 Å². The van der Waals surface area contributed by atoms with Gasteiger partial charge in [0.15, 0.2) is 17.2 Å². The molecule has 0 amide bonds. The van der Waals surface area contributed by atoms with Crippen LogP contribution in [-0.2, 0) is 0 Å². The topological polar surface area (TPSA) is 52.7 Å². The van der Waals surface area contributed by atoms with Crippen molar-refractivity contribution in [3.8, 4) is 0 Å². The van der Waals surface area contributed by atoms with E-state index in [0.717, 1.165) is 0 Å². The van der Waals surface area contributed by atoms with Crippen molar-refractivity contribution in [3.05, 3.63) is 36.1 Å². The van der Waals surface area contributed by atoms with E-state index >= 15 is 0 Å². The highest BCUT2D eigenvalue weighted by Crippen LogP contribution is 2.00. The Morgan fingerprint density at radius 1 is 1.45 bits per heavy atom. The van der Waals surface area contributed by atoms with Gasteiger partial charge in [0.2, 0.25) is 0 Å². The second kappa shape index (κ2) is 2.16. The number of hydrogen-bond acceptors (Lipinski definition) is 3. The monoisotopic (exact) mass is 147 g/mol. The lowest BCUT2D eigenvalue weighted by Crippen LogP contribution is -2.26. The van der Waals surface area contributed by atoms with E-state index in [1.807, 2.05) is 0 Å². The Labute approximate surface area is 62.7 Å². The second-order valence-electron chi connectivity index (χ2n) is 2.13. The molecule has 0 radical (unpaired) electrons. The zero-order chi connectivity index (χ0) is 7.68. The van der Waals surface area contributed by atoms with Gasteiger partial charge in [-0.1, -0.05) is 4.98 Å². The fourth-order valence-corrected chi connectivity index (χ4v) is 0.922. The molecule has 0 spiro atoms. The fourth-order valence-electron chi connectivity index (χ4n) is 0.922. The molecule has 2 aromatic rings. The first-order valence-corrected chi connectivity index (χ1v) is 3.16. The van der Waals surface area contributed by atoms with E-state index in [1.165, 1.54) is 6.33 Å². The summed E-state index contributed by atoms with van der Waals surface area (Å²) in [6.45, 7) is 0. The molecule has 0 unspecified atom stereocenters.